The molecule has 0 radical (unpaired) electrons. The number of nitrogens with zero attached hydrogens (tertiary/aromatic N) is 5. The van der Waals surface area contributed by atoms with Gasteiger partial charge in [-0.05, 0) is 56.2 Å². The van der Waals surface area contributed by atoms with E-state index in [2.05, 4.69) is 56.3 Å². The summed E-state index contributed by atoms with van der Waals surface area (Å²) in [5.74, 6) is 0.654. The Hall–Kier alpha value is -3.06. The maximum Gasteiger partial charge on any atom is 0.261 e. The van der Waals surface area contributed by atoms with Gasteiger partial charge in [-0.3, -0.25) is 14.5 Å². The fourth-order valence-corrected chi connectivity index (χ4v) is 6.51. The van der Waals surface area contributed by atoms with E-state index in [0.717, 1.165) is 69.9 Å². The summed E-state index contributed by atoms with van der Waals surface area (Å²) in [6.45, 7) is 15.1. The number of rotatable bonds is 5. The molecule has 7 heteroatoms. The molecule has 0 N–H and O–H groups in total. The van der Waals surface area contributed by atoms with E-state index in [1.807, 2.05) is 39.5 Å². The Balaban J connectivity index is 1.24. The van der Waals surface area contributed by atoms with Crippen LogP contribution in [-0.4, -0.2) is 75.8 Å². The number of benzene rings is 1. The largest absolute Gasteiger partial charge is 0.342 e. The van der Waals surface area contributed by atoms with E-state index in [4.69, 9.17) is 0 Å². The van der Waals surface area contributed by atoms with Crippen molar-refractivity contribution in [1.82, 2.24) is 24.7 Å². The smallest absolute Gasteiger partial charge is 0.261 e. The molecule has 2 saturated heterocycles. The Morgan fingerprint density at radius 1 is 1.00 bits per heavy atom. The molecule has 0 bridgehead atoms. The number of likely N-dealkylation sites (tertiary alicyclic amines) is 2. The van der Waals surface area contributed by atoms with Crippen LogP contribution in [0.3, 0.4) is 0 Å². The third kappa shape index (κ3) is 5.13. The summed E-state index contributed by atoms with van der Waals surface area (Å²) in [7, 11) is 0. The van der Waals surface area contributed by atoms with E-state index in [1.165, 1.54) is 17.5 Å². The molecule has 0 saturated carbocycles. The first-order valence-corrected chi connectivity index (χ1v) is 13.9. The first kappa shape index (κ1) is 26.5. The Labute approximate surface area is 226 Å². The minimum atomic E-state index is -0.339. The third-order valence-corrected chi connectivity index (χ3v) is 8.79. The van der Waals surface area contributed by atoms with Gasteiger partial charge in [0.15, 0.2) is 0 Å². The number of carbonyl (C=O) groups excluding carboxylic acids is 2. The molecule has 3 aliphatic heterocycles. The van der Waals surface area contributed by atoms with Crippen LogP contribution in [0.2, 0.25) is 0 Å². The zero-order valence-corrected chi connectivity index (χ0v) is 23.5. The van der Waals surface area contributed by atoms with Gasteiger partial charge in [-0.15, -0.1) is 0 Å². The lowest BCUT2D eigenvalue weighted by molar-refractivity contribution is -0.141. The number of amides is 2. The number of aromatic nitrogens is 2. The van der Waals surface area contributed by atoms with E-state index in [1.54, 1.807) is 0 Å². The van der Waals surface area contributed by atoms with Gasteiger partial charge >= 0.3 is 0 Å². The van der Waals surface area contributed by atoms with Gasteiger partial charge in [0, 0.05) is 50.3 Å². The second-order valence-electron chi connectivity index (χ2n) is 12.5. The first-order valence-electron chi connectivity index (χ1n) is 13.9. The van der Waals surface area contributed by atoms with E-state index in [0.29, 0.717) is 11.5 Å². The third-order valence-electron chi connectivity index (χ3n) is 8.79. The molecule has 202 valence electrons. The molecule has 0 aliphatic carbocycles. The van der Waals surface area contributed by atoms with Crippen LogP contribution in [0.15, 0.2) is 48.4 Å². The van der Waals surface area contributed by atoms with Gasteiger partial charge < -0.3 is 9.80 Å². The molecule has 38 heavy (non-hydrogen) atoms. The van der Waals surface area contributed by atoms with Crippen molar-refractivity contribution in [2.75, 3.05) is 39.3 Å². The van der Waals surface area contributed by atoms with Crippen LogP contribution in [0.25, 0.3) is 0 Å². The highest BCUT2D eigenvalue weighted by atomic mass is 16.2. The van der Waals surface area contributed by atoms with Crippen molar-refractivity contribution in [3.63, 3.8) is 0 Å². The van der Waals surface area contributed by atoms with E-state index in [-0.39, 0.29) is 22.6 Å². The van der Waals surface area contributed by atoms with Gasteiger partial charge in [-0.2, -0.15) is 0 Å². The summed E-state index contributed by atoms with van der Waals surface area (Å²) < 4.78 is 0. The summed E-state index contributed by atoms with van der Waals surface area (Å²) >= 11 is 0. The van der Waals surface area contributed by atoms with Gasteiger partial charge in [0.05, 0.1) is 17.0 Å². The number of hydrogen-bond donors (Lipinski definition) is 0. The van der Waals surface area contributed by atoms with Crippen LogP contribution in [0.4, 0.5) is 0 Å². The summed E-state index contributed by atoms with van der Waals surface area (Å²) in [5, 5.41) is 0. The molecular weight excluding hydrogens is 474 g/mol. The topological polar surface area (TPSA) is 69.6 Å². The van der Waals surface area contributed by atoms with Crippen molar-refractivity contribution in [1.29, 1.82) is 0 Å². The lowest BCUT2D eigenvalue weighted by atomic mass is 9.70. The standard InChI is InChI=1S/C31H41N5O2/c1-22-27(23(2)33-21-32-22)28(37)36-19-24-17-34(18-25(24)20-36)14-11-31(26-9-7-6-8-10-26)12-15-35(16-13-31)29(38)30(3,4)5/h6-10,19,21,25H,11-18,20H2,1-5H3. The van der Waals surface area contributed by atoms with Gasteiger partial charge in [-0.25, -0.2) is 9.97 Å². The maximum absolute atomic E-state index is 13.2. The van der Waals surface area contributed by atoms with Crippen LogP contribution in [-0.2, 0) is 10.2 Å². The average molecular weight is 516 g/mol. The molecule has 5 rings (SSSR count). The zero-order valence-electron chi connectivity index (χ0n) is 23.5. The molecule has 3 aliphatic rings. The van der Waals surface area contributed by atoms with Crippen molar-refractivity contribution in [3.8, 4) is 0 Å². The first-order chi connectivity index (χ1) is 18.1. The predicted octanol–water partition coefficient (Wildman–Crippen LogP) is 4.36. The summed E-state index contributed by atoms with van der Waals surface area (Å²) in [6.07, 6.45) is 6.67. The van der Waals surface area contributed by atoms with E-state index in [9.17, 15) is 9.59 Å². The van der Waals surface area contributed by atoms with Crippen molar-refractivity contribution >= 4 is 11.8 Å². The molecule has 2 aromatic rings. The minimum Gasteiger partial charge on any atom is -0.342 e. The monoisotopic (exact) mass is 515 g/mol. The Morgan fingerprint density at radius 2 is 1.66 bits per heavy atom. The molecule has 0 spiro atoms. The molecule has 2 fully saturated rings. The van der Waals surface area contributed by atoms with Crippen LogP contribution in [0.5, 0.6) is 0 Å². The molecule has 1 unspecified atom stereocenters. The fourth-order valence-electron chi connectivity index (χ4n) is 6.51. The summed E-state index contributed by atoms with van der Waals surface area (Å²) in [6, 6.07) is 10.9. The number of carbonyl (C=O) groups is 2. The van der Waals surface area contributed by atoms with Gasteiger partial charge in [0.25, 0.3) is 5.91 Å². The lowest BCUT2D eigenvalue weighted by Crippen LogP contribution is -2.49. The summed E-state index contributed by atoms with van der Waals surface area (Å²) in [5.41, 5.74) is 4.60. The van der Waals surface area contributed by atoms with E-state index < -0.39 is 0 Å². The van der Waals surface area contributed by atoms with Gasteiger partial charge in [0.2, 0.25) is 5.91 Å². The van der Waals surface area contributed by atoms with Crippen molar-refractivity contribution in [3.05, 3.63) is 70.9 Å². The van der Waals surface area contributed by atoms with Crippen molar-refractivity contribution in [2.24, 2.45) is 11.3 Å². The highest BCUT2D eigenvalue weighted by Gasteiger charge is 2.41. The number of aryl methyl sites for hydroxylation is 2. The molecular formula is C31H41N5O2. The van der Waals surface area contributed by atoms with Crippen molar-refractivity contribution < 1.29 is 9.59 Å². The summed E-state index contributed by atoms with van der Waals surface area (Å²) in [4.78, 5) is 41.1. The fraction of sp³-hybridized carbons (Fsp3) is 0.548. The van der Waals surface area contributed by atoms with Crippen LogP contribution in [0, 0.1) is 25.2 Å². The van der Waals surface area contributed by atoms with Gasteiger partial charge in [-0.1, -0.05) is 51.1 Å². The Morgan fingerprint density at radius 3 is 2.26 bits per heavy atom. The average Bonchev–Trinajstić information content (AvgIpc) is 3.46. The predicted molar refractivity (Wildman–Crippen MR) is 149 cm³/mol. The molecule has 4 heterocycles. The molecule has 2 amide bonds. The van der Waals surface area contributed by atoms with Crippen LogP contribution < -0.4 is 0 Å². The van der Waals surface area contributed by atoms with Crippen molar-refractivity contribution in [2.45, 2.75) is 59.3 Å². The Kier molecular flexibility index (Phi) is 7.16. The maximum atomic E-state index is 13.2. The lowest BCUT2D eigenvalue weighted by Gasteiger charge is -2.44. The highest BCUT2D eigenvalue weighted by Crippen LogP contribution is 2.41. The van der Waals surface area contributed by atoms with Gasteiger partial charge in [0.1, 0.15) is 6.33 Å². The van der Waals surface area contributed by atoms with Crippen LogP contribution >= 0.6 is 0 Å². The minimum absolute atomic E-state index is 0.00800. The normalized spacial score (nSPS) is 21.4. The molecule has 1 atom stereocenters. The number of piperidine rings is 1. The van der Waals surface area contributed by atoms with E-state index >= 15 is 0 Å². The molecule has 1 aromatic carbocycles. The number of fused-ring (bicyclic) bond motifs is 1. The highest BCUT2D eigenvalue weighted by molar-refractivity contribution is 5.97. The second-order valence-corrected chi connectivity index (χ2v) is 12.5. The zero-order chi connectivity index (χ0) is 27.1. The number of hydrogen-bond acceptors (Lipinski definition) is 5. The van der Waals surface area contributed by atoms with Crippen LogP contribution in [0.1, 0.15) is 67.3 Å². The Bertz CT molecular complexity index is 1200. The molecule has 1 aromatic heterocycles. The quantitative estimate of drug-likeness (QED) is 0.592. The second kappa shape index (κ2) is 10.3. The SMILES string of the molecule is Cc1ncnc(C)c1C(=O)N1C=C2CN(CCC3(c4ccccc4)CCN(C(=O)C(C)(C)C)CC3)CC2C1. The molecule has 7 nitrogen and oxygen atoms in total.